The van der Waals surface area contributed by atoms with Crippen molar-refractivity contribution in [2.24, 2.45) is 0 Å². The molecule has 2 N–H and O–H groups in total. The van der Waals surface area contributed by atoms with E-state index in [0.717, 1.165) is 5.56 Å². The van der Waals surface area contributed by atoms with Crippen LogP contribution in [0.1, 0.15) is 26.5 Å². The van der Waals surface area contributed by atoms with Gasteiger partial charge in [0.2, 0.25) is 0 Å². The molecule has 0 aliphatic rings. The van der Waals surface area contributed by atoms with Crippen LogP contribution in [0.3, 0.4) is 0 Å². The number of amides is 2. The van der Waals surface area contributed by atoms with Gasteiger partial charge < -0.3 is 18.8 Å². The number of anilines is 1. The molecule has 0 aliphatic heterocycles. The number of hydrogen-bond acceptors (Lipinski definition) is 6. The number of hydrogen-bond donors (Lipinski definition) is 2. The third kappa shape index (κ3) is 5.25. The second-order valence-electron chi connectivity index (χ2n) is 6.35. The molecule has 2 aromatic carbocycles. The van der Waals surface area contributed by atoms with Crippen molar-refractivity contribution >= 4 is 17.5 Å². The van der Waals surface area contributed by atoms with E-state index in [2.05, 4.69) is 0 Å². The molecule has 1 heterocycles. The van der Waals surface area contributed by atoms with E-state index in [1.54, 1.807) is 41.8 Å². The molecule has 0 saturated carbocycles. The molecule has 156 valence electrons. The van der Waals surface area contributed by atoms with Crippen LogP contribution in [0.5, 0.6) is 5.75 Å². The molecule has 0 radical (unpaired) electrons. The lowest BCUT2D eigenvalue weighted by Crippen LogP contribution is -2.34. The molecule has 0 bridgehead atoms. The number of ether oxygens (including phenoxy) is 2. The lowest BCUT2D eigenvalue weighted by atomic mass is 10.2. The van der Waals surface area contributed by atoms with Crippen LogP contribution in [0.25, 0.3) is 0 Å². The smallest absolute Gasteiger partial charge is 0.294 e. The summed E-state index contributed by atoms with van der Waals surface area (Å²) in [6, 6.07) is 17.1. The first-order valence-corrected chi connectivity index (χ1v) is 9.23. The van der Waals surface area contributed by atoms with Gasteiger partial charge in [-0.3, -0.25) is 14.8 Å². The van der Waals surface area contributed by atoms with Crippen molar-refractivity contribution in [1.29, 1.82) is 0 Å². The molecule has 0 spiro atoms. The first kappa shape index (κ1) is 21.1. The van der Waals surface area contributed by atoms with Crippen LogP contribution < -0.4 is 15.1 Å². The quantitative estimate of drug-likeness (QED) is 0.415. The fraction of sp³-hybridized carbons (Fsp3) is 0.182. The van der Waals surface area contributed by atoms with Gasteiger partial charge in [0.1, 0.15) is 12.4 Å². The Bertz CT molecular complexity index is 970. The van der Waals surface area contributed by atoms with Crippen LogP contribution in [-0.2, 0) is 11.3 Å². The summed E-state index contributed by atoms with van der Waals surface area (Å²) in [4.78, 5) is 25.9. The monoisotopic (exact) mass is 410 g/mol. The van der Waals surface area contributed by atoms with Crippen molar-refractivity contribution in [3.8, 4) is 5.75 Å². The zero-order valence-corrected chi connectivity index (χ0v) is 16.4. The Kier molecular flexibility index (Phi) is 7.20. The summed E-state index contributed by atoms with van der Waals surface area (Å²) in [6.45, 7) is 0.919. The molecule has 0 aliphatic carbocycles. The summed E-state index contributed by atoms with van der Waals surface area (Å²) in [7, 11) is 1.61. The van der Waals surface area contributed by atoms with Crippen LogP contribution in [0.2, 0.25) is 0 Å². The number of benzene rings is 2. The van der Waals surface area contributed by atoms with Crippen LogP contribution >= 0.6 is 0 Å². The van der Waals surface area contributed by atoms with Crippen molar-refractivity contribution in [2.75, 3.05) is 25.2 Å². The van der Waals surface area contributed by atoms with E-state index >= 15 is 0 Å². The van der Waals surface area contributed by atoms with Gasteiger partial charge in [0.15, 0.2) is 5.76 Å². The number of carbonyl (C=O) groups is 2. The predicted molar refractivity (Wildman–Crippen MR) is 109 cm³/mol. The molecule has 0 atom stereocenters. The molecule has 2 amide bonds. The fourth-order valence-corrected chi connectivity index (χ4v) is 2.88. The van der Waals surface area contributed by atoms with Crippen molar-refractivity contribution in [3.05, 3.63) is 83.8 Å². The van der Waals surface area contributed by atoms with Crippen LogP contribution in [0.4, 0.5) is 5.69 Å². The van der Waals surface area contributed by atoms with E-state index in [0.29, 0.717) is 23.6 Å². The predicted octanol–water partition coefficient (Wildman–Crippen LogP) is 3.27. The van der Waals surface area contributed by atoms with Crippen LogP contribution in [0, 0.1) is 0 Å². The first-order valence-electron chi connectivity index (χ1n) is 9.23. The van der Waals surface area contributed by atoms with Gasteiger partial charge in [-0.2, -0.15) is 0 Å². The molecule has 3 rings (SSSR count). The molecule has 0 unspecified atom stereocenters. The zero-order chi connectivity index (χ0) is 21.3. The highest BCUT2D eigenvalue weighted by Crippen LogP contribution is 2.20. The Hall–Kier alpha value is -3.62. The second kappa shape index (κ2) is 10.2. The Labute approximate surface area is 173 Å². The number of rotatable bonds is 9. The van der Waals surface area contributed by atoms with E-state index in [-0.39, 0.29) is 24.8 Å². The number of nitrogens with one attached hydrogen (secondary N) is 1. The summed E-state index contributed by atoms with van der Waals surface area (Å²) in [5.41, 5.74) is 3.51. The van der Waals surface area contributed by atoms with Gasteiger partial charge in [-0.1, -0.05) is 12.1 Å². The summed E-state index contributed by atoms with van der Waals surface area (Å²) < 4.78 is 16.2. The minimum Gasteiger partial charge on any atom is -0.492 e. The molecular formula is C22H22N2O6. The maximum Gasteiger partial charge on any atom is 0.294 e. The lowest BCUT2D eigenvalue weighted by molar-refractivity contribution is 0.0706. The molecule has 0 saturated heterocycles. The van der Waals surface area contributed by atoms with Gasteiger partial charge in [-0.05, 0) is 54.1 Å². The van der Waals surface area contributed by atoms with E-state index in [1.807, 2.05) is 24.3 Å². The number of methoxy groups -OCH3 is 1. The molecule has 3 aromatic rings. The standard InChI is InChI=1S/C22H22N2O6/c1-28-15-16-4-2-5-18(14-16)24(22(26)20-6-3-12-30-20)11-13-29-19-9-7-17(8-10-19)21(25)23-27/h2-10,12,14,27H,11,13,15H2,1H3,(H,23,25). The van der Waals surface area contributed by atoms with E-state index in [4.69, 9.17) is 19.1 Å². The van der Waals surface area contributed by atoms with Gasteiger partial charge in [0.25, 0.3) is 11.8 Å². The van der Waals surface area contributed by atoms with Crippen molar-refractivity contribution < 1.29 is 28.7 Å². The number of carbonyl (C=O) groups excluding carboxylic acids is 2. The maximum atomic E-state index is 12.9. The topological polar surface area (TPSA) is 101 Å². The highest BCUT2D eigenvalue weighted by atomic mass is 16.5. The normalized spacial score (nSPS) is 10.5. The van der Waals surface area contributed by atoms with E-state index in [1.165, 1.54) is 18.4 Å². The van der Waals surface area contributed by atoms with E-state index in [9.17, 15) is 9.59 Å². The molecule has 8 nitrogen and oxygen atoms in total. The SMILES string of the molecule is COCc1cccc(N(CCOc2ccc(C(=O)NO)cc2)C(=O)c2ccco2)c1. The fourth-order valence-electron chi connectivity index (χ4n) is 2.88. The second-order valence-corrected chi connectivity index (χ2v) is 6.35. The van der Waals surface area contributed by atoms with Crippen molar-refractivity contribution in [2.45, 2.75) is 6.61 Å². The Morgan fingerprint density at radius 3 is 2.57 bits per heavy atom. The first-order chi connectivity index (χ1) is 14.6. The summed E-state index contributed by atoms with van der Waals surface area (Å²) in [6.07, 6.45) is 1.45. The van der Waals surface area contributed by atoms with Crippen molar-refractivity contribution in [3.63, 3.8) is 0 Å². The Morgan fingerprint density at radius 1 is 1.10 bits per heavy atom. The van der Waals surface area contributed by atoms with Gasteiger partial charge in [-0.25, -0.2) is 5.48 Å². The minimum absolute atomic E-state index is 0.215. The Morgan fingerprint density at radius 2 is 1.90 bits per heavy atom. The third-order valence-corrected chi connectivity index (χ3v) is 4.31. The zero-order valence-electron chi connectivity index (χ0n) is 16.4. The summed E-state index contributed by atoms with van der Waals surface area (Å²) >= 11 is 0. The number of furan rings is 1. The average Bonchev–Trinajstić information content (AvgIpc) is 3.32. The lowest BCUT2D eigenvalue weighted by Gasteiger charge is -2.22. The third-order valence-electron chi connectivity index (χ3n) is 4.31. The maximum absolute atomic E-state index is 12.9. The van der Waals surface area contributed by atoms with Gasteiger partial charge >= 0.3 is 0 Å². The van der Waals surface area contributed by atoms with Crippen LogP contribution in [0.15, 0.2) is 71.3 Å². The van der Waals surface area contributed by atoms with Gasteiger partial charge in [0.05, 0.1) is 19.4 Å². The number of nitrogens with zero attached hydrogens (tertiary/aromatic N) is 1. The van der Waals surface area contributed by atoms with Crippen LogP contribution in [-0.4, -0.2) is 37.3 Å². The van der Waals surface area contributed by atoms with Gasteiger partial charge in [-0.15, -0.1) is 0 Å². The van der Waals surface area contributed by atoms with E-state index < -0.39 is 5.91 Å². The van der Waals surface area contributed by atoms with Crippen molar-refractivity contribution in [1.82, 2.24) is 5.48 Å². The highest BCUT2D eigenvalue weighted by molar-refractivity contribution is 6.04. The molecule has 30 heavy (non-hydrogen) atoms. The molecule has 1 aromatic heterocycles. The average molecular weight is 410 g/mol. The molecule has 8 heteroatoms. The molecular weight excluding hydrogens is 388 g/mol. The minimum atomic E-state index is -0.604. The Balaban J connectivity index is 1.72. The largest absolute Gasteiger partial charge is 0.492 e. The molecule has 0 fully saturated rings. The van der Waals surface area contributed by atoms with Gasteiger partial charge in [0, 0.05) is 18.4 Å². The number of hydroxylamine groups is 1. The highest BCUT2D eigenvalue weighted by Gasteiger charge is 2.20. The summed E-state index contributed by atoms with van der Waals surface area (Å²) in [5.74, 6) is -0.129. The summed E-state index contributed by atoms with van der Waals surface area (Å²) in [5, 5.41) is 8.67.